The number of ether oxygens (including phenoxy) is 1. The maximum Gasteiger partial charge on any atom is 0.138 e. The molecule has 1 aromatic carbocycles. The fraction of sp³-hybridized carbons (Fsp3) is 0.250. The normalized spacial score (nSPS) is 9.92. The van der Waals surface area contributed by atoms with Crippen molar-refractivity contribution in [1.82, 2.24) is 0 Å². The van der Waals surface area contributed by atoms with Crippen molar-refractivity contribution in [3.05, 3.63) is 29.0 Å². The predicted octanol–water partition coefficient (Wildman–Crippen LogP) is 3.10. The molecule has 12 heavy (non-hydrogen) atoms. The van der Waals surface area contributed by atoms with Gasteiger partial charge in [0, 0.05) is 0 Å². The summed E-state index contributed by atoms with van der Waals surface area (Å²) in [4.78, 5) is 0. The topological polar surface area (TPSA) is 9.23 Å². The number of hydrogen-bond acceptors (Lipinski definition) is 1. The Bertz CT molecular complexity index is 265. The van der Waals surface area contributed by atoms with Crippen molar-refractivity contribution in [2.24, 2.45) is 0 Å². The van der Waals surface area contributed by atoms with Crippen molar-refractivity contribution in [3.8, 4) is 5.75 Å². The molecule has 1 nitrogen and oxygen atoms in total. The third-order valence-corrected chi connectivity index (χ3v) is 1.68. The number of halogens is 3. The second-order valence-electron chi connectivity index (χ2n) is 2.11. The lowest BCUT2D eigenvalue weighted by Gasteiger charge is -2.04. The average Bonchev–Trinajstić information content (AvgIpc) is 2.03. The second-order valence-corrected chi connectivity index (χ2v) is 2.90. The van der Waals surface area contributed by atoms with Crippen LogP contribution in [-0.4, -0.2) is 12.5 Å². The number of benzene rings is 1. The molecule has 0 atom stereocenters. The average molecular weight is 209 g/mol. The Balaban J connectivity index is 2.72. The molecule has 1 aromatic rings. The van der Waals surface area contributed by atoms with Crippen LogP contribution < -0.4 is 4.74 Å². The summed E-state index contributed by atoms with van der Waals surface area (Å²) in [5.41, 5.74) is 0. The molecule has 0 amide bonds. The van der Waals surface area contributed by atoms with E-state index in [1.807, 2.05) is 0 Å². The fourth-order valence-electron chi connectivity index (χ4n) is 0.741. The third kappa shape index (κ3) is 2.54. The van der Waals surface area contributed by atoms with Gasteiger partial charge in [0.15, 0.2) is 0 Å². The molecule has 0 heterocycles. The monoisotopic (exact) mass is 208 g/mol. The number of rotatable bonds is 3. The summed E-state index contributed by atoms with van der Waals surface area (Å²) in [5, 5.41) is 0.264. The van der Waals surface area contributed by atoms with Crippen molar-refractivity contribution in [1.29, 1.82) is 0 Å². The van der Waals surface area contributed by atoms with Gasteiger partial charge in [-0.25, -0.2) is 4.39 Å². The fourth-order valence-corrected chi connectivity index (χ4v) is 1.04. The molecule has 0 aliphatic carbocycles. The van der Waals surface area contributed by atoms with Gasteiger partial charge < -0.3 is 4.74 Å². The van der Waals surface area contributed by atoms with E-state index in [0.717, 1.165) is 0 Å². The molecule has 0 spiro atoms. The minimum absolute atomic E-state index is 0.264. The summed E-state index contributed by atoms with van der Waals surface area (Å²) in [5.74, 6) is 0.463. The molecule has 0 aliphatic rings. The van der Waals surface area contributed by atoms with E-state index in [0.29, 0.717) is 18.2 Å². The summed E-state index contributed by atoms with van der Waals surface area (Å²) in [6.07, 6.45) is 0. The largest absolute Gasteiger partial charge is 0.491 e. The molecular weight excluding hydrogens is 202 g/mol. The maximum atomic E-state index is 12.5. The Kier molecular flexibility index (Phi) is 3.63. The van der Waals surface area contributed by atoms with Crippen molar-refractivity contribution in [2.75, 3.05) is 12.5 Å². The number of alkyl halides is 1. The molecule has 0 saturated carbocycles. The van der Waals surface area contributed by atoms with Gasteiger partial charge in [0.25, 0.3) is 0 Å². The van der Waals surface area contributed by atoms with E-state index >= 15 is 0 Å². The molecule has 0 bridgehead atoms. The first kappa shape index (κ1) is 9.62. The van der Waals surface area contributed by atoms with Gasteiger partial charge in [-0.15, -0.1) is 11.6 Å². The smallest absolute Gasteiger partial charge is 0.138 e. The van der Waals surface area contributed by atoms with Gasteiger partial charge >= 0.3 is 0 Å². The van der Waals surface area contributed by atoms with Gasteiger partial charge in [-0.3, -0.25) is 0 Å². The van der Waals surface area contributed by atoms with Crippen LogP contribution in [0.5, 0.6) is 5.75 Å². The van der Waals surface area contributed by atoms with Crippen molar-refractivity contribution in [2.45, 2.75) is 0 Å². The Morgan fingerprint density at radius 3 is 2.75 bits per heavy atom. The summed E-state index contributed by atoms with van der Waals surface area (Å²) >= 11 is 11.1. The molecule has 0 radical (unpaired) electrons. The standard InChI is InChI=1S/C8H7Cl2FO/c9-3-4-12-8-2-1-6(11)5-7(8)10/h1-2,5H,3-4H2. The van der Waals surface area contributed by atoms with Crippen molar-refractivity contribution in [3.63, 3.8) is 0 Å². The molecule has 4 heteroatoms. The lowest BCUT2D eigenvalue weighted by Crippen LogP contribution is -1.98. The van der Waals surface area contributed by atoms with Crippen molar-refractivity contribution < 1.29 is 9.13 Å². The van der Waals surface area contributed by atoms with Gasteiger partial charge in [0.05, 0.1) is 10.9 Å². The van der Waals surface area contributed by atoms with Crippen LogP contribution in [0.3, 0.4) is 0 Å². The van der Waals surface area contributed by atoms with Crippen LogP contribution in [0.1, 0.15) is 0 Å². The predicted molar refractivity (Wildman–Crippen MR) is 47.6 cm³/mol. The maximum absolute atomic E-state index is 12.5. The minimum Gasteiger partial charge on any atom is -0.491 e. The van der Waals surface area contributed by atoms with E-state index in [1.54, 1.807) is 0 Å². The van der Waals surface area contributed by atoms with Gasteiger partial charge in [-0.2, -0.15) is 0 Å². The highest BCUT2D eigenvalue weighted by atomic mass is 35.5. The lowest BCUT2D eigenvalue weighted by atomic mass is 10.3. The molecule has 0 aliphatic heterocycles. The first-order valence-electron chi connectivity index (χ1n) is 3.38. The zero-order chi connectivity index (χ0) is 8.97. The van der Waals surface area contributed by atoms with Crippen LogP contribution in [0.4, 0.5) is 4.39 Å². The van der Waals surface area contributed by atoms with E-state index in [2.05, 4.69) is 0 Å². The van der Waals surface area contributed by atoms with Crippen LogP contribution in [0.15, 0.2) is 18.2 Å². The summed E-state index contributed by atoms with van der Waals surface area (Å²) in [6, 6.07) is 3.96. The Hall–Kier alpha value is -0.470. The van der Waals surface area contributed by atoms with Gasteiger partial charge in [0.2, 0.25) is 0 Å². The molecule has 1 rings (SSSR count). The van der Waals surface area contributed by atoms with Gasteiger partial charge in [-0.1, -0.05) is 11.6 Å². The van der Waals surface area contributed by atoms with Crippen LogP contribution in [0.25, 0.3) is 0 Å². The molecule has 0 fully saturated rings. The Labute approximate surface area is 80.0 Å². The highest BCUT2D eigenvalue weighted by Gasteiger charge is 2.01. The lowest BCUT2D eigenvalue weighted by molar-refractivity contribution is 0.342. The Morgan fingerprint density at radius 2 is 2.17 bits per heavy atom. The SMILES string of the molecule is Fc1ccc(OCCCl)c(Cl)c1. The second kappa shape index (κ2) is 4.53. The quantitative estimate of drug-likeness (QED) is 0.695. The van der Waals surface area contributed by atoms with Crippen LogP contribution in [0.2, 0.25) is 5.02 Å². The van der Waals surface area contributed by atoms with Crippen molar-refractivity contribution >= 4 is 23.2 Å². The first-order chi connectivity index (χ1) is 5.74. The minimum atomic E-state index is -0.377. The molecule has 0 aromatic heterocycles. The molecular formula is C8H7Cl2FO. The highest BCUT2D eigenvalue weighted by molar-refractivity contribution is 6.32. The summed E-state index contributed by atoms with van der Waals surface area (Å²) in [6.45, 7) is 0.368. The first-order valence-corrected chi connectivity index (χ1v) is 4.29. The van der Waals surface area contributed by atoms with E-state index < -0.39 is 0 Å². The van der Waals surface area contributed by atoms with E-state index in [9.17, 15) is 4.39 Å². The van der Waals surface area contributed by atoms with E-state index in [4.69, 9.17) is 27.9 Å². The van der Waals surface area contributed by atoms with Crippen LogP contribution in [0, 0.1) is 5.82 Å². The molecule has 66 valence electrons. The zero-order valence-electron chi connectivity index (χ0n) is 6.19. The highest BCUT2D eigenvalue weighted by Crippen LogP contribution is 2.24. The van der Waals surface area contributed by atoms with E-state index in [-0.39, 0.29) is 10.8 Å². The summed E-state index contributed by atoms with van der Waals surface area (Å²) in [7, 11) is 0. The van der Waals surface area contributed by atoms with Gasteiger partial charge in [-0.05, 0) is 18.2 Å². The molecule has 0 unspecified atom stereocenters. The third-order valence-electron chi connectivity index (χ3n) is 1.23. The van der Waals surface area contributed by atoms with Gasteiger partial charge in [0.1, 0.15) is 18.2 Å². The molecule has 0 saturated heterocycles. The van der Waals surface area contributed by atoms with E-state index in [1.165, 1.54) is 18.2 Å². The Morgan fingerprint density at radius 1 is 1.42 bits per heavy atom. The van der Waals surface area contributed by atoms with Crippen LogP contribution in [-0.2, 0) is 0 Å². The molecule has 0 N–H and O–H groups in total. The zero-order valence-corrected chi connectivity index (χ0v) is 7.70. The summed E-state index contributed by atoms with van der Waals surface area (Å²) < 4.78 is 17.6. The van der Waals surface area contributed by atoms with Crippen LogP contribution >= 0.6 is 23.2 Å². The number of hydrogen-bond donors (Lipinski definition) is 0.